The third-order valence-corrected chi connectivity index (χ3v) is 5.41. The van der Waals surface area contributed by atoms with E-state index >= 15 is 0 Å². The van der Waals surface area contributed by atoms with Crippen molar-refractivity contribution < 1.29 is 8.42 Å². The van der Waals surface area contributed by atoms with E-state index < -0.39 is 10.0 Å². The molecule has 1 saturated heterocycles. The van der Waals surface area contributed by atoms with Crippen LogP contribution in [-0.4, -0.2) is 37.8 Å². The van der Waals surface area contributed by atoms with Crippen LogP contribution in [0.25, 0.3) is 0 Å². The van der Waals surface area contributed by atoms with E-state index in [-0.39, 0.29) is 4.90 Å². The summed E-state index contributed by atoms with van der Waals surface area (Å²) < 4.78 is 26.5. The molecule has 0 saturated carbocycles. The average Bonchev–Trinajstić information content (AvgIpc) is 2.67. The van der Waals surface area contributed by atoms with Crippen LogP contribution in [0.15, 0.2) is 17.2 Å². The summed E-state index contributed by atoms with van der Waals surface area (Å²) in [6.07, 6.45) is 5.36. The standard InChI is InChI=1S/C12H18ClN3O2S/c1-14-12-11(13)8-10(9-15-12)19(17,18)16-6-4-2-3-5-7-16/h8-9H,2-7H2,1H3,(H,14,15). The van der Waals surface area contributed by atoms with Crippen molar-refractivity contribution >= 4 is 27.4 Å². The lowest BCUT2D eigenvalue weighted by molar-refractivity contribution is 0.423. The molecular formula is C12H18ClN3O2S. The Morgan fingerprint density at radius 1 is 1.26 bits per heavy atom. The second-order valence-corrected chi connectivity index (χ2v) is 6.91. The molecule has 1 aromatic rings. The van der Waals surface area contributed by atoms with Crippen molar-refractivity contribution in [1.82, 2.24) is 9.29 Å². The van der Waals surface area contributed by atoms with Gasteiger partial charge in [0.15, 0.2) is 0 Å². The molecule has 5 nitrogen and oxygen atoms in total. The highest BCUT2D eigenvalue weighted by Crippen LogP contribution is 2.25. The molecule has 0 radical (unpaired) electrons. The molecule has 2 rings (SSSR count). The molecule has 106 valence electrons. The SMILES string of the molecule is CNc1ncc(S(=O)(=O)N2CCCCCC2)cc1Cl. The van der Waals surface area contributed by atoms with Crippen LogP contribution in [0, 0.1) is 0 Å². The first-order valence-corrected chi connectivity index (χ1v) is 8.21. The lowest BCUT2D eigenvalue weighted by Crippen LogP contribution is -2.32. The summed E-state index contributed by atoms with van der Waals surface area (Å²) in [5, 5.41) is 3.13. The summed E-state index contributed by atoms with van der Waals surface area (Å²) in [5.41, 5.74) is 0. The topological polar surface area (TPSA) is 62.3 Å². The van der Waals surface area contributed by atoms with E-state index in [0.717, 1.165) is 25.7 Å². The number of hydrogen-bond acceptors (Lipinski definition) is 4. The predicted octanol–water partition coefficient (Wildman–Crippen LogP) is 2.34. The lowest BCUT2D eigenvalue weighted by Gasteiger charge is -2.20. The Kier molecular flexibility index (Phi) is 4.65. The summed E-state index contributed by atoms with van der Waals surface area (Å²) in [6, 6.07) is 1.46. The smallest absolute Gasteiger partial charge is 0.244 e. The van der Waals surface area contributed by atoms with Crippen molar-refractivity contribution in [2.24, 2.45) is 0 Å². The highest BCUT2D eigenvalue weighted by Gasteiger charge is 2.26. The highest BCUT2D eigenvalue weighted by molar-refractivity contribution is 7.89. The minimum atomic E-state index is -3.47. The van der Waals surface area contributed by atoms with Crippen molar-refractivity contribution in [1.29, 1.82) is 0 Å². The Labute approximate surface area is 119 Å². The van der Waals surface area contributed by atoms with Crippen LogP contribution >= 0.6 is 11.6 Å². The molecule has 1 aromatic heterocycles. The number of sulfonamides is 1. The number of halogens is 1. The van der Waals surface area contributed by atoms with Crippen LogP contribution < -0.4 is 5.32 Å². The molecule has 0 amide bonds. The van der Waals surface area contributed by atoms with E-state index in [1.807, 2.05) is 0 Å². The molecule has 1 aliphatic heterocycles. The molecule has 0 spiro atoms. The summed E-state index contributed by atoms with van der Waals surface area (Å²) >= 11 is 6.00. The third-order valence-electron chi connectivity index (χ3n) is 3.26. The fourth-order valence-electron chi connectivity index (χ4n) is 2.18. The Balaban J connectivity index is 2.30. The molecule has 2 heterocycles. The zero-order valence-corrected chi connectivity index (χ0v) is 12.5. The minimum Gasteiger partial charge on any atom is -0.372 e. The molecule has 0 unspecified atom stereocenters. The lowest BCUT2D eigenvalue weighted by atomic mass is 10.2. The van der Waals surface area contributed by atoms with Gasteiger partial charge < -0.3 is 5.32 Å². The number of nitrogens with zero attached hydrogens (tertiary/aromatic N) is 2. The third kappa shape index (κ3) is 3.19. The second-order valence-electron chi connectivity index (χ2n) is 4.57. The maximum absolute atomic E-state index is 12.5. The molecule has 1 aliphatic rings. The monoisotopic (exact) mass is 303 g/mol. The maximum atomic E-state index is 12.5. The first-order chi connectivity index (χ1) is 9.05. The quantitative estimate of drug-likeness (QED) is 0.931. The Morgan fingerprint density at radius 2 is 1.89 bits per heavy atom. The Bertz CT molecular complexity index is 540. The van der Waals surface area contributed by atoms with Gasteiger partial charge in [-0.1, -0.05) is 24.4 Å². The molecule has 19 heavy (non-hydrogen) atoms. The molecule has 1 N–H and O–H groups in total. The summed E-state index contributed by atoms with van der Waals surface area (Å²) in [6.45, 7) is 1.15. The average molecular weight is 304 g/mol. The van der Waals surface area contributed by atoms with Gasteiger partial charge in [0.25, 0.3) is 0 Å². The first-order valence-electron chi connectivity index (χ1n) is 6.39. The fourth-order valence-corrected chi connectivity index (χ4v) is 3.99. The van der Waals surface area contributed by atoms with Gasteiger partial charge in [-0.3, -0.25) is 0 Å². The van der Waals surface area contributed by atoms with Gasteiger partial charge in [-0.25, -0.2) is 13.4 Å². The molecular weight excluding hydrogens is 286 g/mol. The summed E-state index contributed by atoms with van der Waals surface area (Å²) in [7, 11) is -1.78. The fraction of sp³-hybridized carbons (Fsp3) is 0.583. The molecule has 0 aromatic carbocycles. The minimum absolute atomic E-state index is 0.165. The number of hydrogen-bond donors (Lipinski definition) is 1. The second kappa shape index (κ2) is 6.07. The predicted molar refractivity (Wildman–Crippen MR) is 76.0 cm³/mol. The summed E-state index contributed by atoms with van der Waals surface area (Å²) in [5.74, 6) is 0.483. The van der Waals surface area contributed by atoms with E-state index in [1.165, 1.54) is 16.6 Å². The number of rotatable bonds is 3. The van der Waals surface area contributed by atoms with Crippen LogP contribution in [0.4, 0.5) is 5.82 Å². The van der Waals surface area contributed by atoms with Crippen LogP contribution in [-0.2, 0) is 10.0 Å². The molecule has 1 fully saturated rings. The van der Waals surface area contributed by atoms with Gasteiger partial charge in [0, 0.05) is 26.3 Å². The molecule has 7 heteroatoms. The van der Waals surface area contributed by atoms with Crippen LogP contribution in [0.5, 0.6) is 0 Å². The van der Waals surface area contributed by atoms with Crippen LogP contribution in [0.3, 0.4) is 0 Å². The van der Waals surface area contributed by atoms with Gasteiger partial charge >= 0.3 is 0 Å². The van der Waals surface area contributed by atoms with Crippen molar-refractivity contribution in [3.05, 3.63) is 17.3 Å². The number of pyridine rings is 1. The highest BCUT2D eigenvalue weighted by atomic mass is 35.5. The van der Waals surface area contributed by atoms with Crippen molar-refractivity contribution in [2.75, 3.05) is 25.5 Å². The van der Waals surface area contributed by atoms with Gasteiger partial charge in [0.1, 0.15) is 10.7 Å². The van der Waals surface area contributed by atoms with Crippen LogP contribution in [0.2, 0.25) is 5.02 Å². The van der Waals surface area contributed by atoms with Crippen molar-refractivity contribution in [2.45, 2.75) is 30.6 Å². The van der Waals surface area contributed by atoms with Gasteiger partial charge in [-0.15, -0.1) is 0 Å². The first kappa shape index (κ1) is 14.6. The molecule has 0 bridgehead atoms. The van der Waals surface area contributed by atoms with E-state index in [9.17, 15) is 8.42 Å². The normalized spacial score (nSPS) is 18.0. The van der Waals surface area contributed by atoms with Crippen LogP contribution in [0.1, 0.15) is 25.7 Å². The number of nitrogens with one attached hydrogen (secondary N) is 1. The molecule has 0 atom stereocenters. The van der Waals surface area contributed by atoms with Crippen molar-refractivity contribution in [3.63, 3.8) is 0 Å². The Morgan fingerprint density at radius 3 is 2.42 bits per heavy atom. The Hall–Kier alpha value is -0.850. The number of anilines is 1. The number of aromatic nitrogens is 1. The van der Waals surface area contributed by atoms with Gasteiger partial charge in [-0.2, -0.15) is 4.31 Å². The molecule has 0 aliphatic carbocycles. The zero-order chi connectivity index (χ0) is 13.9. The largest absolute Gasteiger partial charge is 0.372 e. The maximum Gasteiger partial charge on any atom is 0.244 e. The zero-order valence-electron chi connectivity index (χ0n) is 10.9. The summed E-state index contributed by atoms with van der Waals surface area (Å²) in [4.78, 5) is 4.20. The van der Waals surface area contributed by atoms with Gasteiger partial charge in [0.2, 0.25) is 10.0 Å². The van der Waals surface area contributed by atoms with Gasteiger partial charge in [0.05, 0.1) is 5.02 Å². The van der Waals surface area contributed by atoms with E-state index in [1.54, 1.807) is 7.05 Å². The van der Waals surface area contributed by atoms with Gasteiger partial charge in [-0.05, 0) is 18.9 Å². The van der Waals surface area contributed by atoms with Crippen molar-refractivity contribution in [3.8, 4) is 0 Å². The van der Waals surface area contributed by atoms with E-state index in [2.05, 4.69) is 10.3 Å². The van der Waals surface area contributed by atoms with E-state index in [0.29, 0.717) is 23.9 Å². The van der Waals surface area contributed by atoms with E-state index in [4.69, 9.17) is 11.6 Å².